The number of carbonyl (C=O) groups excluding carboxylic acids is 2. The monoisotopic (exact) mass is 290 g/mol. The second-order valence-corrected chi connectivity index (χ2v) is 4.55. The minimum atomic E-state index is -1.17. The van der Waals surface area contributed by atoms with E-state index in [-0.39, 0.29) is 24.7 Å². The maximum atomic E-state index is 12.0. The lowest BCUT2D eigenvalue weighted by atomic mass is 10.1. The molecule has 110 valence electrons. The van der Waals surface area contributed by atoms with Gasteiger partial charge in [0.1, 0.15) is 18.3 Å². The van der Waals surface area contributed by atoms with Crippen LogP contribution in [0.4, 0.5) is 0 Å². The van der Waals surface area contributed by atoms with Crippen LogP contribution in [0.15, 0.2) is 30.3 Å². The molecule has 1 atom stereocenters. The smallest absolute Gasteiger partial charge is 0.328 e. The molecule has 21 heavy (non-hydrogen) atoms. The molecule has 0 spiro atoms. The van der Waals surface area contributed by atoms with Crippen LogP contribution < -0.4 is 5.32 Å². The van der Waals surface area contributed by atoms with Crippen molar-refractivity contribution in [2.24, 2.45) is 0 Å². The molecule has 1 aromatic carbocycles. The normalized spacial score (nSPS) is 18.6. The first-order valence-corrected chi connectivity index (χ1v) is 6.24. The van der Waals surface area contributed by atoms with Gasteiger partial charge in [-0.25, -0.2) is 4.79 Å². The molecule has 2 amide bonds. The summed E-state index contributed by atoms with van der Waals surface area (Å²) < 4.78 is 0. The Kier molecular flexibility index (Phi) is 4.22. The number of aromatic hydroxyl groups is 1. The van der Waals surface area contributed by atoms with Gasteiger partial charge >= 0.3 is 5.97 Å². The van der Waals surface area contributed by atoms with E-state index in [9.17, 15) is 14.4 Å². The molecular weight excluding hydrogens is 276 g/mol. The maximum absolute atomic E-state index is 12.0. The fourth-order valence-corrected chi connectivity index (χ4v) is 1.94. The highest BCUT2D eigenvalue weighted by Crippen LogP contribution is 2.12. The number of phenols is 1. The molecule has 1 aliphatic heterocycles. The van der Waals surface area contributed by atoms with Crippen molar-refractivity contribution in [1.29, 1.82) is 0 Å². The fraction of sp³-hybridized carbons (Fsp3) is 0.214. The van der Waals surface area contributed by atoms with Crippen molar-refractivity contribution in [1.82, 2.24) is 10.2 Å². The average molecular weight is 290 g/mol. The molecule has 0 radical (unpaired) electrons. The van der Waals surface area contributed by atoms with Crippen molar-refractivity contribution >= 4 is 23.9 Å². The molecule has 0 bridgehead atoms. The molecule has 0 aliphatic carbocycles. The van der Waals surface area contributed by atoms with Crippen LogP contribution in [0, 0.1) is 0 Å². The maximum Gasteiger partial charge on any atom is 0.328 e. The largest absolute Gasteiger partial charge is 0.508 e. The number of benzene rings is 1. The summed E-state index contributed by atoms with van der Waals surface area (Å²) in [4.78, 5) is 35.5. The van der Waals surface area contributed by atoms with E-state index in [0.717, 1.165) is 4.90 Å². The predicted octanol–water partition coefficient (Wildman–Crippen LogP) is -0.183. The predicted molar refractivity (Wildman–Crippen MR) is 73.3 cm³/mol. The lowest BCUT2D eigenvalue weighted by molar-refractivity contribution is -0.152. The number of carboxylic acid groups (broad SMARTS) is 1. The molecule has 1 fully saturated rings. The van der Waals surface area contributed by atoms with Gasteiger partial charge in [-0.15, -0.1) is 0 Å². The standard InChI is InChI=1S/C14H14N2O5/c17-10-4-1-9(2-5-10)3-6-13(19)16-8-12(18)15-7-11(16)14(20)21/h1-6,11,17H,7-8H2,(H,15,18)(H,20,21)/b6-3+. The van der Waals surface area contributed by atoms with E-state index in [1.165, 1.54) is 24.3 Å². The molecule has 7 nitrogen and oxygen atoms in total. The number of aliphatic carboxylic acids is 1. The third-order valence-corrected chi connectivity index (χ3v) is 3.06. The zero-order chi connectivity index (χ0) is 15.4. The van der Waals surface area contributed by atoms with E-state index in [0.29, 0.717) is 5.56 Å². The molecule has 0 saturated carbocycles. The van der Waals surface area contributed by atoms with Crippen LogP contribution in [-0.2, 0) is 14.4 Å². The molecule has 2 rings (SSSR count). The van der Waals surface area contributed by atoms with Crippen molar-refractivity contribution in [2.75, 3.05) is 13.1 Å². The van der Waals surface area contributed by atoms with Crippen LogP contribution in [0.2, 0.25) is 0 Å². The zero-order valence-electron chi connectivity index (χ0n) is 11.0. The Hall–Kier alpha value is -2.83. The first-order chi connectivity index (χ1) is 9.97. The molecule has 1 saturated heterocycles. The van der Waals surface area contributed by atoms with E-state index < -0.39 is 17.9 Å². The van der Waals surface area contributed by atoms with Crippen LogP contribution in [0.5, 0.6) is 5.75 Å². The number of hydrogen-bond donors (Lipinski definition) is 3. The first kappa shape index (κ1) is 14.6. The summed E-state index contributed by atoms with van der Waals surface area (Å²) in [6.45, 7) is -0.386. The number of phenolic OH excluding ortho intramolecular Hbond substituents is 1. The Balaban J connectivity index is 2.11. The summed E-state index contributed by atoms with van der Waals surface area (Å²) in [6, 6.07) is 5.09. The number of amides is 2. The third-order valence-electron chi connectivity index (χ3n) is 3.06. The topological polar surface area (TPSA) is 107 Å². The minimum Gasteiger partial charge on any atom is -0.508 e. The van der Waals surface area contributed by atoms with Gasteiger partial charge in [0, 0.05) is 12.6 Å². The van der Waals surface area contributed by atoms with Crippen molar-refractivity contribution in [3.63, 3.8) is 0 Å². The summed E-state index contributed by atoms with van der Waals surface area (Å²) in [6.07, 6.45) is 2.70. The van der Waals surface area contributed by atoms with Gasteiger partial charge in [-0.3, -0.25) is 9.59 Å². The minimum absolute atomic E-state index is 0.104. The van der Waals surface area contributed by atoms with Gasteiger partial charge in [0.15, 0.2) is 0 Å². The number of nitrogens with one attached hydrogen (secondary N) is 1. The summed E-state index contributed by atoms with van der Waals surface area (Å²) in [5, 5.41) is 20.6. The number of nitrogens with zero attached hydrogens (tertiary/aromatic N) is 1. The van der Waals surface area contributed by atoms with Crippen molar-refractivity contribution in [3.05, 3.63) is 35.9 Å². The van der Waals surface area contributed by atoms with Gasteiger partial charge in [-0.05, 0) is 23.8 Å². The average Bonchev–Trinajstić information content (AvgIpc) is 2.46. The van der Waals surface area contributed by atoms with E-state index in [4.69, 9.17) is 10.2 Å². The molecule has 0 aromatic heterocycles. The van der Waals surface area contributed by atoms with Gasteiger partial charge in [-0.2, -0.15) is 0 Å². The van der Waals surface area contributed by atoms with Crippen molar-refractivity contribution in [3.8, 4) is 5.75 Å². The number of rotatable bonds is 3. The van der Waals surface area contributed by atoms with Gasteiger partial charge < -0.3 is 20.4 Å². The molecule has 1 aromatic rings. The number of hydrogen-bond acceptors (Lipinski definition) is 4. The summed E-state index contributed by atoms with van der Waals surface area (Å²) in [5.41, 5.74) is 0.675. The highest BCUT2D eigenvalue weighted by molar-refractivity contribution is 5.98. The van der Waals surface area contributed by atoms with Gasteiger partial charge in [0.05, 0.1) is 0 Å². The van der Waals surface area contributed by atoms with Crippen molar-refractivity contribution < 1.29 is 24.6 Å². The highest BCUT2D eigenvalue weighted by Gasteiger charge is 2.34. The van der Waals surface area contributed by atoms with Crippen molar-refractivity contribution in [2.45, 2.75) is 6.04 Å². The Morgan fingerprint density at radius 2 is 1.95 bits per heavy atom. The zero-order valence-corrected chi connectivity index (χ0v) is 11.0. The Labute approximate surface area is 120 Å². The number of carbonyl (C=O) groups is 3. The van der Waals surface area contributed by atoms with E-state index in [1.54, 1.807) is 12.1 Å². The van der Waals surface area contributed by atoms with E-state index in [2.05, 4.69) is 5.32 Å². The van der Waals surface area contributed by atoms with Crippen LogP contribution >= 0.6 is 0 Å². The first-order valence-electron chi connectivity index (χ1n) is 6.24. The summed E-state index contributed by atoms with van der Waals surface area (Å²) >= 11 is 0. The second kappa shape index (κ2) is 6.08. The second-order valence-electron chi connectivity index (χ2n) is 4.55. The van der Waals surface area contributed by atoms with Gasteiger partial charge in [0.2, 0.25) is 11.8 Å². The van der Waals surface area contributed by atoms with Crippen LogP contribution in [0.3, 0.4) is 0 Å². The Morgan fingerprint density at radius 1 is 1.29 bits per heavy atom. The Bertz CT molecular complexity index is 594. The van der Waals surface area contributed by atoms with E-state index in [1.807, 2.05) is 0 Å². The SMILES string of the molecule is O=C1CN(C(=O)/C=C/c2ccc(O)cc2)C(C(=O)O)CN1. The van der Waals surface area contributed by atoms with Gasteiger partial charge in [0.25, 0.3) is 0 Å². The van der Waals surface area contributed by atoms with Crippen LogP contribution in [0.25, 0.3) is 6.08 Å². The lowest BCUT2D eigenvalue weighted by Gasteiger charge is -2.31. The van der Waals surface area contributed by atoms with E-state index >= 15 is 0 Å². The summed E-state index contributed by atoms with van der Waals surface area (Å²) in [7, 11) is 0. The quantitative estimate of drug-likeness (QED) is 0.669. The van der Waals surface area contributed by atoms with Gasteiger partial charge in [-0.1, -0.05) is 12.1 Å². The van der Waals surface area contributed by atoms with Crippen LogP contribution in [0.1, 0.15) is 5.56 Å². The number of piperazine rings is 1. The Morgan fingerprint density at radius 3 is 2.57 bits per heavy atom. The molecule has 1 heterocycles. The third kappa shape index (κ3) is 3.59. The summed E-state index contributed by atoms with van der Waals surface area (Å²) in [5.74, 6) is -2.00. The van der Waals surface area contributed by atoms with Crippen LogP contribution in [-0.4, -0.2) is 52.0 Å². The molecule has 1 unspecified atom stereocenters. The lowest BCUT2D eigenvalue weighted by Crippen LogP contribution is -2.59. The molecular formula is C14H14N2O5. The molecule has 7 heteroatoms. The molecule has 3 N–H and O–H groups in total. The fourth-order valence-electron chi connectivity index (χ4n) is 1.94. The highest BCUT2D eigenvalue weighted by atomic mass is 16.4. The molecule has 1 aliphatic rings. The number of carboxylic acids is 1.